The van der Waals surface area contributed by atoms with Crippen molar-refractivity contribution in [2.75, 3.05) is 0 Å². The van der Waals surface area contributed by atoms with E-state index in [2.05, 4.69) is 0 Å². The van der Waals surface area contributed by atoms with Crippen LogP contribution in [0.3, 0.4) is 0 Å². The van der Waals surface area contributed by atoms with Gasteiger partial charge in [0.05, 0.1) is 10.4 Å². The van der Waals surface area contributed by atoms with Crippen molar-refractivity contribution in [3.05, 3.63) is 91.1 Å². The predicted octanol–water partition coefficient (Wildman–Crippen LogP) is 4.52. The van der Waals surface area contributed by atoms with E-state index in [0.29, 0.717) is 16.5 Å². The highest BCUT2D eigenvalue weighted by atomic mass is 35.5. The fourth-order valence-corrected chi connectivity index (χ4v) is 3.40. The number of benzene rings is 2. The molecule has 0 aliphatic heterocycles. The molecule has 5 nitrogen and oxygen atoms in total. The van der Waals surface area contributed by atoms with Crippen LogP contribution in [0.4, 0.5) is 0 Å². The maximum atomic E-state index is 12.7. The first-order chi connectivity index (χ1) is 13.0. The van der Waals surface area contributed by atoms with Crippen LogP contribution >= 0.6 is 23.2 Å². The third-order valence-corrected chi connectivity index (χ3v) is 4.76. The van der Waals surface area contributed by atoms with Crippen LogP contribution in [-0.2, 0) is 5.88 Å². The molecule has 0 spiro atoms. The van der Waals surface area contributed by atoms with Crippen molar-refractivity contribution in [1.29, 1.82) is 0 Å². The van der Waals surface area contributed by atoms with Crippen molar-refractivity contribution >= 4 is 50.9 Å². The van der Waals surface area contributed by atoms with Crippen LogP contribution < -0.4 is 11.3 Å². The van der Waals surface area contributed by atoms with E-state index >= 15 is 0 Å². The maximum Gasteiger partial charge on any atom is 0.347 e. The highest BCUT2D eigenvalue weighted by molar-refractivity contribution is 6.36. The zero-order valence-corrected chi connectivity index (χ0v) is 15.1. The second-order valence-electron chi connectivity index (χ2n) is 5.84. The molecule has 0 aliphatic rings. The van der Waals surface area contributed by atoms with E-state index < -0.39 is 17.0 Å². The molecule has 0 saturated heterocycles. The summed E-state index contributed by atoms with van der Waals surface area (Å²) in [6.07, 6.45) is 0. The molecule has 27 heavy (non-hydrogen) atoms. The monoisotopic (exact) mass is 400 g/mol. The molecule has 134 valence electrons. The van der Waals surface area contributed by atoms with Crippen LogP contribution in [0.2, 0.25) is 5.02 Å². The average Bonchev–Trinajstić information content (AvgIpc) is 2.68. The van der Waals surface area contributed by atoms with Crippen molar-refractivity contribution < 1.29 is 13.6 Å². The number of ketones is 1. The molecule has 0 radical (unpaired) electrons. The summed E-state index contributed by atoms with van der Waals surface area (Å²) in [6.45, 7) is 0. The van der Waals surface area contributed by atoms with E-state index in [1.54, 1.807) is 30.3 Å². The van der Waals surface area contributed by atoms with Gasteiger partial charge in [0.2, 0.25) is 0 Å². The minimum Gasteiger partial charge on any atom is -0.422 e. The summed E-state index contributed by atoms with van der Waals surface area (Å²) in [5, 5.41) is 0.906. The van der Waals surface area contributed by atoms with Crippen molar-refractivity contribution in [1.82, 2.24) is 0 Å². The van der Waals surface area contributed by atoms with Crippen molar-refractivity contribution in [3.63, 3.8) is 0 Å². The number of carbonyl (C=O) groups excluding carboxylic acids is 1. The molecule has 0 saturated carbocycles. The molecule has 0 N–H and O–H groups in total. The van der Waals surface area contributed by atoms with E-state index in [1.165, 1.54) is 18.2 Å². The summed E-state index contributed by atoms with van der Waals surface area (Å²) in [4.78, 5) is 37.0. The second-order valence-corrected chi connectivity index (χ2v) is 6.52. The van der Waals surface area contributed by atoms with Crippen LogP contribution in [-0.4, -0.2) is 5.78 Å². The Hall–Kier alpha value is -2.89. The lowest BCUT2D eigenvalue weighted by Gasteiger charge is -2.08. The highest BCUT2D eigenvalue weighted by Gasteiger charge is 2.20. The normalized spacial score (nSPS) is 11.2. The first kappa shape index (κ1) is 17.5. The van der Waals surface area contributed by atoms with E-state index in [0.717, 1.165) is 0 Å². The van der Waals surface area contributed by atoms with Gasteiger partial charge < -0.3 is 8.83 Å². The van der Waals surface area contributed by atoms with Crippen LogP contribution in [0.25, 0.3) is 21.9 Å². The standard InChI is InChI=1S/C20H10Cl2O5/c21-9-11-6-16(23)26-18-12(11)8-15(22)19-14(18)7-13(20(25)27-19)17(24)10-4-2-1-3-5-10/h1-8H,9H2. The van der Waals surface area contributed by atoms with E-state index in [4.69, 9.17) is 32.0 Å². The number of hydrogen-bond donors (Lipinski definition) is 0. The van der Waals surface area contributed by atoms with Crippen LogP contribution in [0, 0.1) is 0 Å². The molecule has 7 heteroatoms. The Morgan fingerprint density at radius 2 is 1.67 bits per heavy atom. The molecule has 0 bridgehead atoms. The molecular weight excluding hydrogens is 391 g/mol. The third kappa shape index (κ3) is 2.95. The van der Waals surface area contributed by atoms with Crippen LogP contribution in [0.15, 0.2) is 67.0 Å². The Morgan fingerprint density at radius 1 is 0.926 bits per heavy atom. The fraction of sp³-hybridized carbons (Fsp3) is 0.0500. The van der Waals surface area contributed by atoms with E-state index in [9.17, 15) is 14.4 Å². The Labute approximate surface area is 161 Å². The van der Waals surface area contributed by atoms with Gasteiger partial charge in [-0.1, -0.05) is 41.9 Å². The Balaban J connectivity index is 2.09. The molecule has 0 unspecified atom stereocenters. The van der Waals surface area contributed by atoms with Crippen molar-refractivity contribution in [2.45, 2.75) is 5.88 Å². The molecule has 0 atom stereocenters. The smallest absolute Gasteiger partial charge is 0.347 e. The summed E-state index contributed by atoms with van der Waals surface area (Å²) >= 11 is 12.2. The van der Waals surface area contributed by atoms with Gasteiger partial charge in [-0.05, 0) is 17.7 Å². The number of alkyl halides is 1. The Kier molecular flexibility index (Phi) is 4.34. The fourth-order valence-electron chi connectivity index (χ4n) is 2.93. The first-order valence-corrected chi connectivity index (χ1v) is 8.79. The van der Waals surface area contributed by atoms with Gasteiger partial charge in [0.25, 0.3) is 0 Å². The van der Waals surface area contributed by atoms with Gasteiger partial charge in [-0.25, -0.2) is 9.59 Å². The molecule has 2 aromatic carbocycles. The minimum atomic E-state index is -0.826. The molecular formula is C20H10Cl2O5. The number of carbonyl (C=O) groups is 1. The van der Waals surface area contributed by atoms with Crippen molar-refractivity contribution in [2.24, 2.45) is 0 Å². The highest BCUT2D eigenvalue weighted by Crippen LogP contribution is 2.33. The number of fused-ring (bicyclic) bond motifs is 3. The van der Waals surface area contributed by atoms with Gasteiger partial charge in [-0.2, -0.15) is 0 Å². The Bertz CT molecular complexity index is 1320. The zero-order valence-electron chi connectivity index (χ0n) is 13.6. The van der Waals surface area contributed by atoms with Crippen LogP contribution in [0.1, 0.15) is 21.5 Å². The summed E-state index contributed by atoms with van der Waals surface area (Å²) in [6, 6.07) is 12.4. The summed E-state index contributed by atoms with van der Waals surface area (Å²) in [5.74, 6) is -0.438. The van der Waals surface area contributed by atoms with Gasteiger partial charge in [0.15, 0.2) is 11.4 Å². The van der Waals surface area contributed by atoms with Crippen LogP contribution in [0.5, 0.6) is 0 Å². The SMILES string of the molecule is O=C(c1ccccc1)c1cc2c(oc1=O)c(Cl)cc1c(CCl)cc(=O)oc12. The van der Waals surface area contributed by atoms with Gasteiger partial charge in [-0.3, -0.25) is 4.79 Å². The third-order valence-electron chi connectivity index (χ3n) is 4.19. The lowest BCUT2D eigenvalue weighted by Crippen LogP contribution is -2.15. The molecule has 0 fully saturated rings. The molecule has 4 rings (SSSR count). The maximum absolute atomic E-state index is 12.7. The minimum absolute atomic E-state index is 0.0358. The summed E-state index contributed by atoms with van der Waals surface area (Å²) in [5.41, 5.74) is -0.571. The summed E-state index contributed by atoms with van der Waals surface area (Å²) in [7, 11) is 0. The zero-order chi connectivity index (χ0) is 19.1. The van der Waals surface area contributed by atoms with Crippen molar-refractivity contribution in [3.8, 4) is 0 Å². The molecule has 0 aliphatic carbocycles. The number of hydrogen-bond acceptors (Lipinski definition) is 5. The molecule has 2 heterocycles. The van der Waals surface area contributed by atoms with E-state index in [1.807, 2.05) is 0 Å². The Morgan fingerprint density at radius 3 is 2.37 bits per heavy atom. The second kappa shape index (κ2) is 6.68. The topological polar surface area (TPSA) is 77.5 Å². The lowest BCUT2D eigenvalue weighted by atomic mass is 10.0. The quantitative estimate of drug-likeness (QED) is 0.218. The average molecular weight is 401 g/mol. The van der Waals surface area contributed by atoms with Gasteiger partial charge in [0, 0.05) is 22.9 Å². The van der Waals surface area contributed by atoms with Gasteiger partial charge in [0.1, 0.15) is 11.1 Å². The van der Waals surface area contributed by atoms with Gasteiger partial charge >= 0.3 is 11.3 Å². The number of halogens is 2. The van der Waals surface area contributed by atoms with Gasteiger partial charge in [-0.15, -0.1) is 11.6 Å². The number of rotatable bonds is 3. The largest absolute Gasteiger partial charge is 0.422 e. The molecule has 0 amide bonds. The first-order valence-electron chi connectivity index (χ1n) is 7.88. The summed E-state index contributed by atoms with van der Waals surface area (Å²) < 4.78 is 10.6. The predicted molar refractivity (Wildman–Crippen MR) is 103 cm³/mol. The molecule has 4 aromatic rings. The molecule has 2 aromatic heterocycles. The van der Waals surface area contributed by atoms with E-state index in [-0.39, 0.29) is 33.0 Å². The lowest BCUT2D eigenvalue weighted by molar-refractivity contribution is 0.103.